The summed E-state index contributed by atoms with van der Waals surface area (Å²) in [6, 6.07) is 0.759. The van der Waals surface area contributed by atoms with E-state index in [-0.39, 0.29) is 17.3 Å². The summed E-state index contributed by atoms with van der Waals surface area (Å²) in [5.74, 6) is -1.06. The first-order chi connectivity index (χ1) is 8.32. The number of amides is 2. The fourth-order valence-corrected chi connectivity index (χ4v) is 1.50. The molecule has 7 N–H and O–H groups in total. The lowest BCUT2D eigenvalue weighted by Crippen LogP contribution is -2.40. The zero-order valence-electron chi connectivity index (χ0n) is 10.3. The Morgan fingerprint density at radius 2 is 1.94 bits per heavy atom. The predicted octanol–water partition coefficient (Wildman–Crippen LogP) is -0.315. The van der Waals surface area contributed by atoms with Crippen molar-refractivity contribution in [3.8, 4) is 0 Å². The van der Waals surface area contributed by atoms with E-state index in [0.717, 1.165) is 0 Å². The SMILES string of the molecule is CC(C)C(Nc1ncc(N)cc1C(N)=O)C(N)=O. The Labute approximate surface area is 105 Å². The van der Waals surface area contributed by atoms with Crippen LogP contribution in [-0.2, 0) is 4.79 Å². The van der Waals surface area contributed by atoms with Crippen LogP contribution in [0.5, 0.6) is 0 Å². The van der Waals surface area contributed by atoms with E-state index in [2.05, 4.69) is 10.3 Å². The van der Waals surface area contributed by atoms with Crippen LogP contribution in [0.2, 0.25) is 0 Å². The molecule has 1 rings (SSSR count). The number of aromatic nitrogens is 1. The molecule has 0 aromatic carbocycles. The van der Waals surface area contributed by atoms with Gasteiger partial charge in [-0.05, 0) is 12.0 Å². The van der Waals surface area contributed by atoms with Gasteiger partial charge in [0.2, 0.25) is 5.91 Å². The molecule has 1 unspecified atom stereocenters. The van der Waals surface area contributed by atoms with Gasteiger partial charge in [-0.15, -0.1) is 0 Å². The third-order valence-corrected chi connectivity index (χ3v) is 2.44. The molecule has 1 aromatic heterocycles. The maximum Gasteiger partial charge on any atom is 0.252 e. The van der Waals surface area contributed by atoms with Crippen LogP contribution in [0, 0.1) is 5.92 Å². The number of carbonyl (C=O) groups excluding carboxylic acids is 2. The highest BCUT2D eigenvalue weighted by Crippen LogP contribution is 2.17. The van der Waals surface area contributed by atoms with Crippen molar-refractivity contribution in [3.05, 3.63) is 17.8 Å². The largest absolute Gasteiger partial charge is 0.397 e. The number of nitrogens with two attached hydrogens (primary N) is 3. The number of nitrogens with one attached hydrogen (secondary N) is 1. The van der Waals surface area contributed by atoms with E-state index in [0.29, 0.717) is 5.69 Å². The molecule has 0 aliphatic heterocycles. The van der Waals surface area contributed by atoms with Crippen LogP contribution in [-0.4, -0.2) is 22.8 Å². The maximum atomic E-state index is 11.3. The van der Waals surface area contributed by atoms with Gasteiger partial charge < -0.3 is 22.5 Å². The van der Waals surface area contributed by atoms with Crippen molar-refractivity contribution in [2.45, 2.75) is 19.9 Å². The molecule has 0 radical (unpaired) electrons. The first kappa shape index (κ1) is 13.8. The first-order valence-corrected chi connectivity index (χ1v) is 5.44. The molecule has 0 saturated carbocycles. The average molecular weight is 251 g/mol. The molecule has 18 heavy (non-hydrogen) atoms. The van der Waals surface area contributed by atoms with Crippen LogP contribution in [0.25, 0.3) is 0 Å². The number of pyridine rings is 1. The fourth-order valence-electron chi connectivity index (χ4n) is 1.50. The predicted molar refractivity (Wildman–Crippen MR) is 68.6 cm³/mol. The second-order valence-electron chi connectivity index (χ2n) is 4.30. The molecule has 7 heteroatoms. The van der Waals surface area contributed by atoms with Crippen LogP contribution >= 0.6 is 0 Å². The van der Waals surface area contributed by atoms with Crippen LogP contribution < -0.4 is 22.5 Å². The molecule has 1 aromatic rings. The monoisotopic (exact) mass is 251 g/mol. The van der Waals surface area contributed by atoms with E-state index in [9.17, 15) is 9.59 Å². The molecule has 98 valence electrons. The molecule has 0 fully saturated rings. The summed E-state index contributed by atoms with van der Waals surface area (Å²) in [6.07, 6.45) is 1.37. The van der Waals surface area contributed by atoms with Gasteiger partial charge in [0.15, 0.2) is 0 Å². The van der Waals surface area contributed by atoms with Gasteiger partial charge in [0, 0.05) is 0 Å². The van der Waals surface area contributed by atoms with Crippen molar-refractivity contribution in [3.63, 3.8) is 0 Å². The third-order valence-electron chi connectivity index (χ3n) is 2.44. The Hall–Kier alpha value is -2.31. The highest BCUT2D eigenvalue weighted by atomic mass is 16.1. The molecule has 1 heterocycles. The average Bonchev–Trinajstić information content (AvgIpc) is 2.25. The zero-order valence-corrected chi connectivity index (χ0v) is 10.3. The fraction of sp³-hybridized carbons (Fsp3) is 0.364. The molecule has 2 amide bonds. The number of primary amides is 2. The lowest BCUT2D eigenvalue weighted by atomic mass is 10.0. The van der Waals surface area contributed by atoms with Gasteiger partial charge >= 0.3 is 0 Å². The minimum absolute atomic E-state index is 0.0532. The Bertz CT molecular complexity index is 473. The van der Waals surface area contributed by atoms with Crippen molar-refractivity contribution in [1.29, 1.82) is 0 Å². The van der Waals surface area contributed by atoms with Crippen molar-refractivity contribution in [1.82, 2.24) is 4.98 Å². The molecule has 1 atom stereocenters. The molecule has 7 nitrogen and oxygen atoms in total. The van der Waals surface area contributed by atoms with Gasteiger partial charge in [0.1, 0.15) is 11.9 Å². The summed E-state index contributed by atoms with van der Waals surface area (Å²) >= 11 is 0. The summed E-state index contributed by atoms with van der Waals surface area (Å²) < 4.78 is 0. The number of nitrogen functional groups attached to an aromatic ring is 1. The van der Waals surface area contributed by atoms with Gasteiger partial charge in [-0.1, -0.05) is 13.8 Å². The highest BCUT2D eigenvalue weighted by Gasteiger charge is 2.22. The minimum atomic E-state index is -0.677. The van der Waals surface area contributed by atoms with Crippen LogP contribution in [0.1, 0.15) is 24.2 Å². The second-order valence-corrected chi connectivity index (χ2v) is 4.30. The van der Waals surface area contributed by atoms with E-state index in [1.807, 2.05) is 13.8 Å². The summed E-state index contributed by atoms with van der Waals surface area (Å²) in [5, 5.41) is 2.81. The normalized spacial score (nSPS) is 12.2. The van der Waals surface area contributed by atoms with E-state index in [1.54, 1.807) is 0 Å². The van der Waals surface area contributed by atoms with Gasteiger partial charge in [-0.3, -0.25) is 9.59 Å². The van der Waals surface area contributed by atoms with Crippen molar-refractivity contribution < 1.29 is 9.59 Å². The smallest absolute Gasteiger partial charge is 0.252 e. The molecule has 0 spiro atoms. The highest BCUT2D eigenvalue weighted by molar-refractivity contribution is 5.99. The molecule has 0 saturated heterocycles. The maximum absolute atomic E-state index is 11.3. The Morgan fingerprint density at radius 1 is 1.33 bits per heavy atom. The molecule has 0 aliphatic rings. The number of carbonyl (C=O) groups is 2. The Morgan fingerprint density at radius 3 is 2.39 bits per heavy atom. The Kier molecular flexibility index (Phi) is 4.09. The van der Waals surface area contributed by atoms with E-state index in [4.69, 9.17) is 17.2 Å². The first-order valence-electron chi connectivity index (χ1n) is 5.44. The van der Waals surface area contributed by atoms with Crippen LogP contribution in [0.4, 0.5) is 11.5 Å². The van der Waals surface area contributed by atoms with Crippen LogP contribution in [0.3, 0.4) is 0 Å². The number of anilines is 2. The molecule has 0 aliphatic carbocycles. The quantitative estimate of drug-likeness (QED) is 0.568. The molecular formula is C11H17N5O2. The topological polar surface area (TPSA) is 137 Å². The standard InChI is InChI=1S/C11H17N5O2/c1-5(2)8(10(14)18)16-11-7(9(13)17)3-6(12)4-15-11/h3-5,8H,12H2,1-2H3,(H2,13,17)(H2,14,18)(H,15,16). The number of hydrogen-bond acceptors (Lipinski definition) is 5. The summed E-state index contributed by atoms with van der Waals surface area (Å²) in [6.45, 7) is 3.65. The molecular weight excluding hydrogens is 234 g/mol. The van der Waals surface area contributed by atoms with Crippen molar-refractivity contribution >= 4 is 23.3 Å². The molecule has 0 bridgehead atoms. The third kappa shape index (κ3) is 3.09. The van der Waals surface area contributed by atoms with Crippen molar-refractivity contribution in [2.24, 2.45) is 17.4 Å². The number of rotatable bonds is 5. The van der Waals surface area contributed by atoms with E-state index < -0.39 is 17.9 Å². The minimum Gasteiger partial charge on any atom is -0.397 e. The number of nitrogens with zero attached hydrogens (tertiary/aromatic N) is 1. The number of hydrogen-bond donors (Lipinski definition) is 4. The summed E-state index contributed by atoms with van der Waals surface area (Å²) in [4.78, 5) is 26.5. The summed E-state index contributed by atoms with van der Waals surface area (Å²) in [5.41, 5.74) is 16.5. The Balaban J connectivity index is 3.10. The van der Waals surface area contributed by atoms with E-state index >= 15 is 0 Å². The van der Waals surface area contributed by atoms with Crippen LogP contribution in [0.15, 0.2) is 12.3 Å². The van der Waals surface area contributed by atoms with Gasteiger partial charge in [-0.25, -0.2) is 4.98 Å². The lowest BCUT2D eigenvalue weighted by Gasteiger charge is -2.20. The zero-order chi connectivity index (χ0) is 13.9. The summed E-state index contributed by atoms with van der Waals surface area (Å²) in [7, 11) is 0. The van der Waals surface area contributed by atoms with Gasteiger partial charge in [0.05, 0.1) is 17.4 Å². The van der Waals surface area contributed by atoms with E-state index in [1.165, 1.54) is 12.3 Å². The van der Waals surface area contributed by atoms with Gasteiger partial charge in [-0.2, -0.15) is 0 Å². The van der Waals surface area contributed by atoms with Gasteiger partial charge in [0.25, 0.3) is 5.91 Å². The lowest BCUT2D eigenvalue weighted by molar-refractivity contribution is -0.119. The second kappa shape index (κ2) is 5.35. The van der Waals surface area contributed by atoms with Crippen molar-refractivity contribution in [2.75, 3.05) is 11.1 Å².